The van der Waals surface area contributed by atoms with Crippen molar-refractivity contribution in [2.24, 2.45) is 0 Å². The van der Waals surface area contributed by atoms with Crippen molar-refractivity contribution in [3.05, 3.63) is 70.6 Å². The maximum Gasteiger partial charge on any atom is 0.261 e. The number of hydrogen-bond donors (Lipinski definition) is 1. The van der Waals surface area contributed by atoms with Gasteiger partial charge in [0.1, 0.15) is 5.82 Å². The van der Waals surface area contributed by atoms with Crippen LogP contribution in [0.2, 0.25) is 10.0 Å². The molecule has 0 spiro atoms. The van der Waals surface area contributed by atoms with Crippen LogP contribution in [0.4, 0.5) is 5.69 Å². The highest BCUT2D eigenvalue weighted by Gasteiger charge is 2.16. The SMILES string of the molecule is Cc1nccc(-c2cccc(NS(=O)(=O)c3ccc(Cl)c(Cl)c3)c2)n1. The number of halogens is 2. The van der Waals surface area contributed by atoms with Crippen LogP contribution in [0.3, 0.4) is 0 Å². The number of hydrogen-bond acceptors (Lipinski definition) is 4. The third-order valence-corrected chi connectivity index (χ3v) is 5.51. The van der Waals surface area contributed by atoms with Gasteiger partial charge in [-0.3, -0.25) is 4.72 Å². The van der Waals surface area contributed by atoms with Gasteiger partial charge in [0.25, 0.3) is 10.0 Å². The maximum atomic E-state index is 12.5. The highest BCUT2D eigenvalue weighted by Crippen LogP contribution is 2.27. The lowest BCUT2D eigenvalue weighted by atomic mass is 10.1. The Labute approximate surface area is 155 Å². The van der Waals surface area contributed by atoms with Crippen molar-refractivity contribution in [1.82, 2.24) is 9.97 Å². The second-order valence-electron chi connectivity index (χ2n) is 5.25. The molecule has 2 aromatic carbocycles. The summed E-state index contributed by atoms with van der Waals surface area (Å²) in [6, 6.07) is 12.9. The molecule has 1 heterocycles. The fraction of sp³-hybridized carbons (Fsp3) is 0.0588. The Balaban J connectivity index is 1.92. The maximum absolute atomic E-state index is 12.5. The molecule has 0 aliphatic carbocycles. The van der Waals surface area contributed by atoms with E-state index in [9.17, 15) is 8.42 Å². The fourth-order valence-electron chi connectivity index (χ4n) is 2.22. The summed E-state index contributed by atoms with van der Waals surface area (Å²) in [5.41, 5.74) is 1.91. The second-order valence-corrected chi connectivity index (χ2v) is 7.75. The van der Waals surface area contributed by atoms with Gasteiger partial charge in [0.05, 0.1) is 20.6 Å². The Hall–Kier alpha value is -2.15. The highest BCUT2D eigenvalue weighted by atomic mass is 35.5. The Kier molecular flexibility index (Phi) is 4.94. The molecule has 128 valence electrons. The minimum Gasteiger partial charge on any atom is -0.280 e. The van der Waals surface area contributed by atoms with Crippen LogP contribution < -0.4 is 4.72 Å². The first-order valence-electron chi connectivity index (χ1n) is 7.23. The van der Waals surface area contributed by atoms with Gasteiger partial charge in [-0.15, -0.1) is 0 Å². The first kappa shape index (κ1) is 17.7. The van der Waals surface area contributed by atoms with E-state index in [-0.39, 0.29) is 9.92 Å². The van der Waals surface area contributed by atoms with Crippen LogP contribution in [0.5, 0.6) is 0 Å². The summed E-state index contributed by atoms with van der Waals surface area (Å²) in [5.74, 6) is 0.638. The quantitative estimate of drug-likeness (QED) is 0.704. The van der Waals surface area contributed by atoms with Crippen LogP contribution >= 0.6 is 23.2 Å². The van der Waals surface area contributed by atoms with Gasteiger partial charge in [-0.1, -0.05) is 35.3 Å². The molecule has 0 aliphatic rings. The lowest BCUT2D eigenvalue weighted by Crippen LogP contribution is -2.13. The minimum absolute atomic E-state index is 0.0326. The average molecular weight is 394 g/mol. The molecule has 0 fully saturated rings. The number of rotatable bonds is 4. The number of nitrogens with zero attached hydrogens (tertiary/aromatic N) is 2. The monoisotopic (exact) mass is 393 g/mol. The third kappa shape index (κ3) is 4.10. The Morgan fingerprint density at radius 3 is 2.52 bits per heavy atom. The lowest BCUT2D eigenvalue weighted by Gasteiger charge is -2.10. The Bertz CT molecular complexity index is 1040. The van der Waals surface area contributed by atoms with Gasteiger partial charge in [-0.25, -0.2) is 18.4 Å². The molecule has 3 rings (SSSR count). The van der Waals surface area contributed by atoms with Gasteiger partial charge in [-0.05, 0) is 43.3 Å². The van der Waals surface area contributed by atoms with Gasteiger partial charge in [0, 0.05) is 17.4 Å². The predicted octanol–water partition coefficient (Wildman–Crippen LogP) is 4.56. The van der Waals surface area contributed by atoms with Crippen LogP contribution in [-0.4, -0.2) is 18.4 Å². The van der Waals surface area contributed by atoms with E-state index in [0.29, 0.717) is 22.2 Å². The molecule has 25 heavy (non-hydrogen) atoms. The average Bonchev–Trinajstić information content (AvgIpc) is 2.57. The molecule has 1 N–H and O–H groups in total. The van der Waals surface area contributed by atoms with Crippen molar-refractivity contribution < 1.29 is 8.42 Å². The van der Waals surface area contributed by atoms with Crippen molar-refractivity contribution in [3.8, 4) is 11.3 Å². The largest absolute Gasteiger partial charge is 0.280 e. The van der Waals surface area contributed by atoms with Crippen molar-refractivity contribution in [2.75, 3.05) is 4.72 Å². The molecule has 0 bridgehead atoms. The summed E-state index contributed by atoms with van der Waals surface area (Å²) >= 11 is 11.7. The standard InChI is InChI=1S/C17H13Cl2N3O2S/c1-11-20-8-7-17(21-11)12-3-2-4-13(9-12)22-25(23,24)14-5-6-15(18)16(19)10-14/h2-10,22H,1H3. The molecule has 0 amide bonds. The van der Waals surface area contributed by atoms with E-state index in [0.717, 1.165) is 5.56 Å². The number of benzene rings is 2. The van der Waals surface area contributed by atoms with Gasteiger partial charge in [-0.2, -0.15) is 0 Å². The Morgan fingerprint density at radius 2 is 1.80 bits per heavy atom. The molecular weight excluding hydrogens is 381 g/mol. The molecular formula is C17H13Cl2N3O2S. The molecule has 8 heteroatoms. The van der Waals surface area contributed by atoms with Gasteiger partial charge < -0.3 is 0 Å². The summed E-state index contributed by atoms with van der Waals surface area (Å²) in [4.78, 5) is 8.43. The Morgan fingerprint density at radius 1 is 1.00 bits per heavy atom. The first-order chi connectivity index (χ1) is 11.8. The van der Waals surface area contributed by atoms with Crippen LogP contribution in [0, 0.1) is 6.92 Å². The summed E-state index contributed by atoms with van der Waals surface area (Å²) in [5, 5.41) is 0.469. The van der Waals surface area contributed by atoms with Crippen LogP contribution in [0.25, 0.3) is 11.3 Å². The molecule has 0 radical (unpaired) electrons. The van der Waals surface area contributed by atoms with E-state index >= 15 is 0 Å². The number of sulfonamides is 1. The van der Waals surface area contributed by atoms with Gasteiger partial charge in [0.2, 0.25) is 0 Å². The smallest absolute Gasteiger partial charge is 0.261 e. The molecule has 0 atom stereocenters. The molecule has 0 aliphatic heterocycles. The normalized spacial score (nSPS) is 11.3. The van der Waals surface area contributed by atoms with Crippen molar-refractivity contribution in [3.63, 3.8) is 0 Å². The van der Waals surface area contributed by atoms with Crippen molar-refractivity contribution >= 4 is 38.9 Å². The third-order valence-electron chi connectivity index (χ3n) is 3.39. The van der Waals surface area contributed by atoms with Crippen molar-refractivity contribution in [2.45, 2.75) is 11.8 Å². The van der Waals surface area contributed by atoms with E-state index < -0.39 is 10.0 Å². The zero-order valence-electron chi connectivity index (χ0n) is 13.1. The van der Waals surface area contributed by atoms with E-state index in [1.54, 1.807) is 37.4 Å². The zero-order chi connectivity index (χ0) is 18.0. The fourth-order valence-corrected chi connectivity index (χ4v) is 3.66. The predicted molar refractivity (Wildman–Crippen MR) is 99.5 cm³/mol. The number of anilines is 1. The van der Waals surface area contributed by atoms with Gasteiger partial charge in [0.15, 0.2) is 0 Å². The van der Waals surface area contributed by atoms with E-state index in [2.05, 4.69) is 14.7 Å². The van der Waals surface area contributed by atoms with Gasteiger partial charge >= 0.3 is 0 Å². The van der Waals surface area contributed by atoms with E-state index in [4.69, 9.17) is 23.2 Å². The van der Waals surface area contributed by atoms with Crippen molar-refractivity contribution in [1.29, 1.82) is 0 Å². The summed E-state index contributed by atoms with van der Waals surface area (Å²) in [6.45, 7) is 1.79. The molecule has 0 unspecified atom stereocenters. The summed E-state index contributed by atoms with van der Waals surface area (Å²) < 4.78 is 27.6. The highest BCUT2D eigenvalue weighted by molar-refractivity contribution is 7.92. The summed E-state index contributed by atoms with van der Waals surface area (Å²) in [7, 11) is -3.79. The van der Waals surface area contributed by atoms with Crippen LogP contribution in [0.15, 0.2) is 59.6 Å². The number of aromatic nitrogens is 2. The molecule has 0 saturated heterocycles. The first-order valence-corrected chi connectivity index (χ1v) is 9.47. The van der Waals surface area contributed by atoms with E-state index in [1.165, 1.54) is 18.2 Å². The minimum atomic E-state index is -3.79. The van der Waals surface area contributed by atoms with Crippen LogP contribution in [-0.2, 0) is 10.0 Å². The number of aryl methyl sites for hydroxylation is 1. The lowest BCUT2D eigenvalue weighted by molar-refractivity contribution is 0.601. The zero-order valence-corrected chi connectivity index (χ0v) is 15.4. The molecule has 0 saturated carbocycles. The topological polar surface area (TPSA) is 72.0 Å². The van der Waals surface area contributed by atoms with Crippen LogP contribution in [0.1, 0.15) is 5.82 Å². The molecule has 3 aromatic rings. The van der Waals surface area contributed by atoms with E-state index in [1.807, 2.05) is 6.07 Å². The number of nitrogens with one attached hydrogen (secondary N) is 1. The summed E-state index contributed by atoms with van der Waals surface area (Å²) in [6.07, 6.45) is 1.66. The molecule has 5 nitrogen and oxygen atoms in total. The second kappa shape index (κ2) is 7.00. The molecule has 1 aromatic heterocycles.